The first-order chi connectivity index (χ1) is 9.99. The van der Waals surface area contributed by atoms with E-state index >= 15 is 0 Å². The van der Waals surface area contributed by atoms with E-state index in [1.165, 1.54) is 12.0 Å². The molecule has 1 heterocycles. The van der Waals surface area contributed by atoms with E-state index in [1.54, 1.807) is 6.92 Å². The molecular formula is C13H21NO7. The summed E-state index contributed by atoms with van der Waals surface area (Å²) in [5, 5.41) is 8.86. The maximum absolute atomic E-state index is 12.3. The number of methoxy groups -OCH3 is 1. The first-order valence-corrected chi connectivity index (χ1v) is 6.81. The van der Waals surface area contributed by atoms with E-state index in [2.05, 4.69) is 0 Å². The third-order valence-corrected chi connectivity index (χ3v) is 3.07. The lowest BCUT2D eigenvalue weighted by Crippen LogP contribution is -2.44. The molecular weight excluding hydrogens is 282 g/mol. The van der Waals surface area contributed by atoms with E-state index in [1.807, 2.05) is 0 Å². The van der Waals surface area contributed by atoms with Crippen LogP contribution in [0.15, 0.2) is 0 Å². The maximum atomic E-state index is 12.3. The Labute approximate surface area is 122 Å². The molecule has 0 radical (unpaired) electrons. The van der Waals surface area contributed by atoms with Gasteiger partial charge in [-0.25, -0.2) is 4.79 Å². The van der Waals surface area contributed by atoms with Crippen molar-refractivity contribution in [1.82, 2.24) is 4.90 Å². The summed E-state index contributed by atoms with van der Waals surface area (Å²) in [6.45, 7) is 2.18. The molecule has 0 aliphatic carbocycles. The molecule has 0 aromatic heterocycles. The number of amides is 1. The minimum atomic E-state index is -1.08. The fourth-order valence-electron chi connectivity index (χ4n) is 2.04. The second-order valence-corrected chi connectivity index (χ2v) is 4.59. The van der Waals surface area contributed by atoms with Crippen LogP contribution < -0.4 is 0 Å². The molecule has 0 unspecified atom stereocenters. The zero-order chi connectivity index (χ0) is 15.8. The Morgan fingerprint density at radius 1 is 1.29 bits per heavy atom. The van der Waals surface area contributed by atoms with E-state index in [-0.39, 0.29) is 32.7 Å². The summed E-state index contributed by atoms with van der Waals surface area (Å²) in [4.78, 5) is 35.9. The number of carboxylic acid groups (broad SMARTS) is 1. The summed E-state index contributed by atoms with van der Waals surface area (Å²) in [5.41, 5.74) is 0. The lowest BCUT2D eigenvalue weighted by atomic mass is 10.2. The topological polar surface area (TPSA) is 102 Å². The van der Waals surface area contributed by atoms with Crippen LogP contribution in [0.4, 0.5) is 0 Å². The minimum Gasteiger partial charge on any atom is -0.479 e. The largest absolute Gasteiger partial charge is 0.479 e. The highest BCUT2D eigenvalue weighted by atomic mass is 16.5. The molecule has 0 spiro atoms. The molecule has 1 fully saturated rings. The van der Waals surface area contributed by atoms with Gasteiger partial charge in [0, 0.05) is 13.7 Å². The summed E-state index contributed by atoms with van der Waals surface area (Å²) in [5.74, 6) is -2.02. The molecule has 1 N–H and O–H groups in total. The molecule has 1 saturated heterocycles. The normalized spacial score (nSPS) is 21.0. The summed E-state index contributed by atoms with van der Waals surface area (Å²) >= 11 is 0. The number of esters is 1. The van der Waals surface area contributed by atoms with Crippen LogP contribution in [0.25, 0.3) is 0 Å². The first kappa shape index (κ1) is 17.4. The van der Waals surface area contributed by atoms with Gasteiger partial charge in [-0.05, 0) is 19.8 Å². The van der Waals surface area contributed by atoms with Crippen LogP contribution in [0.5, 0.6) is 0 Å². The molecule has 1 aliphatic rings. The zero-order valence-electron chi connectivity index (χ0n) is 12.2. The fraction of sp³-hybridized carbons (Fsp3) is 0.769. The van der Waals surface area contributed by atoms with Gasteiger partial charge in [0.15, 0.2) is 6.10 Å². The third-order valence-electron chi connectivity index (χ3n) is 3.07. The summed E-state index contributed by atoms with van der Waals surface area (Å²) in [7, 11) is 1.49. The highest BCUT2D eigenvalue weighted by Gasteiger charge is 2.37. The van der Waals surface area contributed by atoms with Crippen LogP contribution in [0.3, 0.4) is 0 Å². The van der Waals surface area contributed by atoms with Crippen molar-refractivity contribution in [2.45, 2.75) is 32.0 Å². The number of carbonyl (C=O) groups excluding carboxylic acids is 2. The van der Waals surface area contributed by atoms with Gasteiger partial charge in [0.25, 0.3) is 5.91 Å². The average Bonchev–Trinajstić information content (AvgIpc) is 2.93. The molecule has 0 saturated carbocycles. The van der Waals surface area contributed by atoms with Crippen molar-refractivity contribution < 1.29 is 33.7 Å². The van der Waals surface area contributed by atoms with E-state index in [9.17, 15) is 14.4 Å². The number of aliphatic carboxylic acids is 1. The SMILES string of the molecule is CCOC(=O)CN(CCOC)C(=O)[C@@H]1CC[C@H](C(=O)O)O1. The number of rotatable bonds is 8. The Kier molecular flexibility index (Phi) is 7.10. The number of nitrogens with zero attached hydrogens (tertiary/aromatic N) is 1. The average molecular weight is 303 g/mol. The number of carboxylic acids is 1. The Morgan fingerprint density at radius 2 is 1.95 bits per heavy atom. The standard InChI is InChI=1S/C13H21NO7/c1-3-20-11(15)8-14(6-7-19-2)12(16)9-4-5-10(21-9)13(17)18/h9-10H,3-8H2,1-2H3,(H,17,18)/t9-,10+/m0/s1. The highest BCUT2D eigenvalue weighted by molar-refractivity contribution is 5.86. The number of ether oxygens (including phenoxy) is 3. The van der Waals surface area contributed by atoms with Gasteiger partial charge in [-0.3, -0.25) is 9.59 Å². The van der Waals surface area contributed by atoms with Gasteiger partial charge in [-0.1, -0.05) is 0 Å². The van der Waals surface area contributed by atoms with Crippen molar-refractivity contribution in [1.29, 1.82) is 0 Å². The van der Waals surface area contributed by atoms with Gasteiger partial charge in [0.05, 0.1) is 13.2 Å². The van der Waals surface area contributed by atoms with Crippen molar-refractivity contribution in [3.05, 3.63) is 0 Å². The van der Waals surface area contributed by atoms with Gasteiger partial charge in [0.2, 0.25) is 0 Å². The fourth-order valence-corrected chi connectivity index (χ4v) is 2.04. The van der Waals surface area contributed by atoms with E-state index < -0.39 is 30.1 Å². The smallest absolute Gasteiger partial charge is 0.332 e. The molecule has 120 valence electrons. The van der Waals surface area contributed by atoms with Crippen molar-refractivity contribution in [2.24, 2.45) is 0 Å². The Morgan fingerprint density at radius 3 is 2.48 bits per heavy atom. The van der Waals surface area contributed by atoms with Crippen molar-refractivity contribution >= 4 is 17.8 Å². The van der Waals surface area contributed by atoms with E-state index in [4.69, 9.17) is 19.3 Å². The minimum absolute atomic E-state index is 0.201. The van der Waals surface area contributed by atoms with Crippen LogP contribution in [-0.4, -0.2) is 73.5 Å². The molecule has 21 heavy (non-hydrogen) atoms. The molecule has 0 aromatic carbocycles. The predicted octanol–water partition coefficient (Wildman–Crippen LogP) is -0.343. The molecule has 2 atom stereocenters. The van der Waals surface area contributed by atoms with Gasteiger partial charge in [0.1, 0.15) is 12.6 Å². The van der Waals surface area contributed by atoms with Gasteiger partial charge in [-0.15, -0.1) is 0 Å². The lowest BCUT2D eigenvalue weighted by Gasteiger charge is -2.24. The number of hydrogen-bond donors (Lipinski definition) is 1. The van der Waals surface area contributed by atoms with Crippen molar-refractivity contribution in [2.75, 3.05) is 33.4 Å². The summed E-state index contributed by atoms with van der Waals surface area (Å²) in [6.07, 6.45) is -1.20. The Hall–Kier alpha value is -1.67. The van der Waals surface area contributed by atoms with Gasteiger partial charge >= 0.3 is 11.9 Å². The van der Waals surface area contributed by atoms with Crippen LogP contribution in [0.2, 0.25) is 0 Å². The van der Waals surface area contributed by atoms with Gasteiger partial charge in [-0.2, -0.15) is 0 Å². The molecule has 0 bridgehead atoms. The van der Waals surface area contributed by atoms with E-state index in [0.29, 0.717) is 6.42 Å². The molecule has 1 amide bonds. The van der Waals surface area contributed by atoms with Crippen molar-refractivity contribution in [3.8, 4) is 0 Å². The molecule has 8 nitrogen and oxygen atoms in total. The summed E-state index contributed by atoms with van der Waals surface area (Å²) in [6, 6.07) is 0. The third kappa shape index (κ3) is 5.31. The molecule has 8 heteroatoms. The first-order valence-electron chi connectivity index (χ1n) is 6.81. The number of hydrogen-bond acceptors (Lipinski definition) is 6. The van der Waals surface area contributed by atoms with Crippen LogP contribution >= 0.6 is 0 Å². The Bertz CT molecular complexity index is 385. The molecule has 0 aromatic rings. The monoisotopic (exact) mass is 303 g/mol. The second-order valence-electron chi connectivity index (χ2n) is 4.59. The van der Waals surface area contributed by atoms with Crippen LogP contribution in [-0.2, 0) is 28.6 Å². The van der Waals surface area contributed by atoms with Gasteiger partial charge < -0.3 is 24.2 Å². The molecule has 1 aliphatic heterocycles. The molecule has 1 rings (SSSR count). The summed E-state index contributed by atoms with van der Waals surface area (Å²) < 4.78 is 14.9. The Balaban J connectivity index is 2.62. The maximum Gasteiger partial charge on any atom is 0.332 e. The highest BCUT2D eigenvalue weighted by Crippen LogP contribution is 2.21. The second kappa shape index (κ2) is 8.58. The number of carbonyl (C=O) groups is 3. The van der Waals surface area contributed by atoms with Crippen molar-refractivity contribution in [3.63, 3.8) is 0 Å². The van der Waals surface area contributed by atoms with E-state index in [0.717, 1.165) is 0 Å². The lowest BCUT2D eigenvalue weighted by molar-refractivity contribution is -0.158. The van der Waals surface area contributed by atoms with Crippen LogP contribution in [0.1, 0.15) is 19.8 Å². The quantitative estimate of drug-likeness (QED) is 0.612. The zero-order valence-corrected chi connectivity index (χ0v) is 12.2. The van der Waals surface area contributed by atoms with Crippen LogP contribution in [0, 0.1) is 0 Å². The predicted molar refractivity (Wildman–Crippen MR) is 70.6 cm³/mol.